The molecular formula is C15H12BrNS. The summed E-state index contributed by atoms with van der Waals surface area (Å²) >= 11 is 5.28. The standard InChI is InChI=1S/C15H12BrNS/c1-10(11-5-3-2-4-6-11)15-17-13-8-7-12(16)9-14(13)18-15/h2-10H,1H3/t10-/m0/s1. The van der Waals surface area contributed by atoms with Crippen LogP contribution in [0.15, 0.2) is 53.0 Å². The van der Waals surface area contributed by atoms with Crippen LogP contribution in [0.1, 0.15) is 23.4 Å². The van der Waals surface area contributed by atoms with E-state index in [1.165, 1.54) is 15.3 Å². The molecule has 1 heterocycles. The third-order valence-corrected chi connectivity index (χ3v) is 4.73. The SMILES string of the molecule is C[C@@H](c1ccccc1)c1nc2ccc(Br)cc2s1. The van der Waals surface area contributed by atoms with Gasteiger partial charge in [-0.25, -0.2) is 4.98 Å². The van der Waals surface area contributed by atoms with Crippen LogP contribution in [0, 0.1) is 0 Å². The van der Waals surface area contributed by atoms with Gasteiger partial charge in [0.05, 0.1) is 10.2 Å². The second-order valence-corrected chi connectivity index (χ2v) is 6.27. The van der Waals surface area contributed by atoms with Crippen molar-refractivity contribution in [3.8, 4) is 0 Å². The fourth-order valence-corrected chi connectivity index (χ4v) is 3.58. The summed E-state index contributed by atoms with van der Waals surface area (Å²) in [5, 5.41) is 1.18. The molecule has 90 valence electrons. The number of halogens is 1. The number of nitrogens with zero attached hydrogens (tertiary/aromatic N) is 1. The molecule has 0 amide bonds. The molecule has 0 spiro atoms. The lowest BCUT2D eigenvalue weighted by Gasteiger charge is -2.07. The summed E-state index contributed by atoms with van der Waals surface area (Å²) in [5.41, 5.74) is 2.40. The largest absolute Gasteiger partial charge is 0.241 e. The number of hydrogen-bond acceptors (Lipinski definition) is 2. The van der Waals surface area contributed by atoms with Crippen molar-refractivity contribution in [2.24, 2.45) is 0 Å². The Bertz CT molecular complexity index is 675. The van der Waals surface area contributed by atoms with Gasteiger partial charge in [0.25, 0.3) is 0 Å². The van der Waals surface area contributed by atoms with E-state index in [0.29, 0.717) is 5.92 Å². The van der Waals surface area contributed by atoms with Crippen molar-refractivity contribution in [2.45, 2.75) is 12.8 Å². The first-order valence-electron chi connectivity index (χ1n) is 5.85. The van der Waals surface area contributed by atoms with Crippen LogP contribution in [0.2, 0.25) is 0 Å². The van der Waals surface area contributed by atoms with Gasteiger partial charge >= 0.3 is 0 Å². The smallest absolute Gasteiger partial charge is 0.101 e. The van der Waals surface area contributed by atoms with E-state index in [1.54, 1.807) is 11.3 Å². The van der Waals surface area contributed by atoms with Gasteiger partial charge in [-0.2, -0.15) is 0 Å². The van der Waals surface area contributed by atoms with Gasteiger partial charge < -0.3 is 0 Å². The summed E-state index contributed by atoms with van der Waals surface area (Å²) in [6.45, 7) is 2.21. The number of aromatic nitrogens is 1. The second-order valence-electron chi connectivity index (χ2n) is 4.30. The molecule has 3 rings (SSSR count). The first-order chi connectivity index (χ1) is 8.74. The minimum Gasteiger partial charge on any atom is -0.241 e. The molecule has 0 saturated heterocycles. The zero-order valence-electron chi connectivity index (χ0n) is 9.93. The first kappa shape index (κ1) is 11.9. The van der Waals surface area contributed by atoms with Gasteiger partial charge in [0.15, 0.2) is 0 Å². The fourth-order valence-electron chi connectivity index (χ4n) is 1.99. The highest BCUT2D eigenvalue weighted by molar-refractivity contribution is 9.10. The Hall–Kier alpha value is -1.19. The van der Waals surface area contributed by atoms with Crippen LogP contribution in [-0.4, -0.2) is 4.98 Å². The Morgan fingerprint density at radius 1 is 1.11 bits per heavy atom. The number of thiazole rings is 1. The fraction of sp³-hybridized carbons (Fsp3) is 0.133. The van der Waals surface area contributed by atoms with Crippen LogP contribution in [0.25, 0.3) is 10.2 Å². The first-order valence-corrected chi connectivity index (χ1v) is 7.46. The van der Waals surface area contributed by atoms with E-state index in [2.05, 4.69) is 59.3 Å². The number of hydrogen-bond donors (Lipinski definition) is 0. The average molecular weight is 318 g/mol. The monoisotopic (exact) mass is 317 g/mol. The minimum atomic E-state index is 0.349. The zero-order chi connectivity index (χ0) is 12.5. The van der Waals surface area contributed by atoms with Crippen LogP contribution in [-0.2, 0) is 0 Å². The third-order valence-electron chi connectivity index (χ3n) is 3.04. The number of rotatable bonds is 2. The van der Waals surface area contributed by atoms with E-state index in [4.69, 9.17) is 4.98 Å². The van der Waals surface area contributed by atoms with Crippen molar-refractivity contribution in [1.82, 2.24) is 4.98 Å². The normalized spacial score (nSPS) is 12.8. The van der Waals surface area contributed by atoms with Gasteiger partial charge in [-0.1, -0.05) is 53.2 Å². The maximum absolute atomic E-state index is 4.73. The molecule has 3 heteroatoms. The van der Waals surface area contributed by atoms with E-state index >= 15 is 0 Å². The topological polar surface area (TPSA) is 12.9 Å². The molecule has 1 nitrogen and oxygen atoms in total. The molecule has 1 atom stereocenters. The van der Waals surface area contributed by atoms with Crippen molar-refractivity contribution in [3.63, 3.8) is 0 Å². The molecule has 18 heavy (non-hydrogen) atoms. The van der Waals surface area contributed by atoms with Crippen LogP contribution < -0.4 is 0 Å². The lowest BCUT2D eigenvalue weighted by atomic mass is 10.0. The van der Waals surface area contributed by atoms with Gasteiger partial charge in [-0.15, -0.1) is 11.3 Å². The van der Waals surface area contributed by atoms with E-state index in [1.807, 2.05) is 12.1 Å². The molecule has 1 aromatic heterocycles. The summed E-state index contributed by atoms with van der Waals surface area (Å²) in [4.78, 5) is 4.73. The summed E-state index contributed by atoms with van der Waals surface area (Å²) < 4.78 is 2.35. The molecule has 0 aliphatic heterocycles. The highest BCUT2D eigenvalue weighted by atomic mass is 79.9. The Balaban J connectivity index is 2.04. The summed E-state index contributed by atoms with van der Waals surface area (Å²) in [6.07, 6.45) is 0. The van der Waals surface area contributed by atoms with Gasteiger partial charge in [0.1, 0.15) is 5.01 Å². The third kappa shape index (κ3) is 2.20. The Labute approximate surface area is 119 Å². The molecular weight excluding hydrogens is 306 g/mol. The highest BCUT2D eigenvalue weighted by Gasteiger charge is 2.13. The van der Waals surface area contributed by atoms with Crippen LogP contribution >= 0.6 is 27.3 Å². The van der Waals surface area contributed by atoms with Crippen LogP contribution in [0.4, 0.5) is 0 Å². The quantitative estimate of drug-likeness (QED) is 0.632. The molecule has 3 aromatic rings. The lowest BCUT2D eigenvalue weighted by molar-refractivity contribution is 0.910. The zero-order valence-corrected chi connectivity index (χ0v) is 12.3. The van der Waals surface area contributed by atoms with E-state index in [-0.39, 0.29) is 0 Å². The Kier molecular flexibility index (Phi) is 3.18. The van der Waals surface area contributed by atoms with Gasteiger partial charge in [-0.05, 0) is 23.8 Å². The number of benzene rings is 2. The average Bonchev–Trinajstić information content (AvgIpc) is 2.81. The van der Waals surface area contributed by atoms with Crippen molar-refractivity contribution >= 4 is 37.5 Å². The van der Waals surface area contributed by atoms with Crippen molar-refractivity contribution in [1.29, 1.82) is 0 Å². The molecule has 0 N–H and O–H groups in total. The predicted octanol–water partition coefficient (Wildman–Crippen LogP) is 5.21. The van der Waals surface area contributed by atoms with Crippen LogP contribution in [0.5, 0.6) is 0 Å². The molecule has 0 saturated carbocycles. The van der Waals surface area contributed by atoms with Gasteiger partial charge in [-0.3, -0.25) is 0 Å². The molecule has 0 radical (unpaired) electrons. The van der Waals surface area contributed by atoms with E-state index < -0.39 is 0 Å². The summed E-state index contributed by atoms with van der Waals surface area (Å²) in [6, 6.07) is 16.8. The van der Waals surface area contributed by atoms with E-state index in [0.717, 1.165) is 9.99 Å². The molecule has 0 aliphatic carbocycles. The number of fused-ring (bicyclic) bond motifs is 1. The lowest BCUT2D eigenvalue weighted by Crippen LogP contribution is -1.94. The predicted molar refractivity (Wildman–Crippen MR) is 81.3 cm³/mol. The Morgan fingerprint density at radius 3 is 2.67 bits per heavy atom. The van der Waals surface area contributed by atoms with Crippen molar-refractivity contribution < 1.29 is 0 Å². The maximum atomic E-state index is 4.73. The summed E-state index contributed by atoms with van der Waals surface area (Å²) in [7, 11) is 0. The minimum absolute atomic E-state index is 0.349. The molecule has 0 fully saturated rings. The van der Waals surface area contributed by atoms with E-state index in [9.17, 15) is 0 Å². The van der Waals surface area contributed by atoms with Crippen LogP contribution in [0.3, 0.4) is 0 Å². The Morgan fingerprint density at radius 2 is 1.89 bits per heavy atom. The molecule has 2 aromatic carbocycles. The maximum Gasteiger partial charge on any atom is 0.101 e. The van der Waals surface area contributed by atoms with Crippen molar-refractivity contribution in [2.75, 3.05) is 0 Å². The molecule has 0 unspecified atom stereocenters. The molecule has 0 aliphatic rings. The van der Waals surface area contributed by atoms with Crippen molar-refractivity contribution in [3.05, 3.63) is 63.6 Å². The van der Waals surface area contributed by atoms with Gasteiger partial charge in [0.2, 0.25) is 0 Å². The molecule has 0 bridgehead atoms. The summed E-state index contributed by atoms with van der Waals surface area (Å²) in [5.74, 6) is 0.349. The second kappa shape index (κ2) is 4.82. The van der Waals surface area contributed by atoms with Gasteiger partial charge in [0, 0.05) is 10.4 Å². The highest BCUT2D eigenvalue weighted by Crippen LogP contribution is 2.32.